The van der Waals surface area contributed by atoms with Gasteiger partial charge in [-0.1, -0.05) is 6.58 Å². The van der Waals surface area contributed by atoms with Crippen molar-refractivity contribution in [1.82, 2.24) is 30.0 Å². The minimum atomic E-state index is -2.72. The van der Waals surface area contributed by atoms with E-state index in [9.17, 15) is 13.6 Å². The molecular weight excluding hydrogens is 530 g/mol. The Labute approximate surface area is 238 Å². The number of amides is 1. The van der Waals surface area contributed by atoms with Gasteiger partial charge in [-0.2, -0.15) is 15.1 Å². The number of nitrogens with zero attached hydrogens (tertiary/aromatic N) is 7. The van der Waals surface area contributed by atoms with E-state index in [-0.39, 0.29) is 31.5 Å². The van der Waals surface area contributed by atoms with Crippen molar-refractivity contribution in [1.29, 1.82) is 0 Å². The molecule has 3 aliphatic heterocycles. The van der Waals surface area contributed by atoms with Gasteiger partial charge in [-0.25, -0.2) is 8.78 Å². The van der Waals surface area contributed by atoms with Crippen molar-refractivity contribution in [3.63, 3.8) is 0 Å². The van der Waals surface area contributed by atoms with E-state index in [1.54, 1.807) is 16.8 Å². The van der Waals surface area contributed by atoms with Gasteiger partial charge in [0.2, 0.25) is 5.91 Å². The van der Waals surface area contributed by atoms with Crippen LogP contribution in [0.4, 0.5) is 20.3 Å². The molecule has 1 atom stereocenters. The standard InChI is InChI=1S/C29H36F2N8O2/c1-5-25(40)37-8-10-38(11-9-37)27-21-6-7-39(26-19(3)18(2)12-23-22(26)14-32-35-23)15-24(21)33-28(34-27)41-16-20-13-29(30,31)17-36(20)4/h5,12,14,20H,1,6-11,13,15-17H2,2-4H3,(H,32,35)/t20-/m1/s1. The van der Waals surface area contributed by atoms with E-state index in [0.717, 1.165) is 46.6 Å². The molecule has 6 rings (SSSR count). The number of likely N-dealkylation sites (tertiary alicyclic amines) is 1. The number of rotatable bonds is 6. The van der Waals surface area contributed by atoms with E-state index in [4.69, 9.17) is 14.7 Å². The summed E-state index contributed by atoms with van der Waals surface area (Å²) >= 11 is 0. The molecule has 41 heavy (non-hydrogen) atoms. The highest BCUT2D eigenvalue weighted by molar-refractivity contribution is 5.94. The summed E-state index contributed by atoms with van der Waals surface area (Å²) in [7, 11) is 1.69. The summed E-state index contributed by atoms with van der Waals surface area (Å²) in [6.07, 6.45) is 3.70. The number of fused-ring (bicyclic) bond motifs is 2. The molecule has 1 aromatic carbocycles. The molecule has 3 aromatic rings. The highest BCUT2D eigenvalue weighted by Gasteiger charge is 2.43. The van der Waals surface area contributed by atoms with Crippen LogP contribution in [0.1, 0.15) is 28.8 Å². The molecule has 1 amide bonds. The number of aromatic amines is 1. The highest BCUT2D eigenvalue weighted by Crippen LogP contribution is 2.37. The maximum absolute atomic E-state index is 14.0. The van der Waals surface area contributed by atoms with Crippen LogP contribution < -0.4 is 14.5 Å². The van der Waals surface area contributed by atoms with E-state index >= 15 is 0 Å². The summed E-state index contributed by atoms with van der Waals surface area (Å²) < 4.78 is 34.0. The molecule has 0 spiro atoms. The molecule has 2 saturated heterocycles. The second-order valence-corrected chi connectivity index (χ2v) is 11.4. The van der Waals surface area contributed by atoms with Crippen LogP contribution in [0.25, 0.3) is 10.9 Å². The van der Waals surface area contributed by atoms with E-state index in [0.29, 0.717) is 32.7 Å². The lowest BCUT2D eigenvalue weighted by atomic mass is 9.99. The number of aryl methyl sites for hydroxylation is 1. The molecule has 0 aliphatic carbocycles. The Morgan fingerprint density at radius 1 is 1.20 bits per heavy atom. The van der Waals surface area contributed by atoms with Gasteiger partial charge in [0.1, 0.15) is 12.4 Å². The number of halogens is 2. The van der Waals surface area contributed by atoms with E-state index in [1.165, 1.54) is 17.2 Å². The quantitative estimate of drug-likeness (QED) is 0.455. The fourth-order valence-corrected chi connectivity index (χ4v) is 6.31. The van der Waals surface area contributed by atoms with E-state index < -0.39 is 12.0 Å². The Hall–Kier alpha value is -3.80. The lowest BCUT2D eigenvalue weighted by Gasteiger charge is -2.38. The van der Waals surface area contributed by atoms with Crippen molar-refractivity contribution >= 4 is 28.3 Å². The number of alkyl halides is 2. The lowest BCUT2D eigenvalue weighted by molar-refractivity contribution is -0.126. The predicted molar refractivity (Wildman–Crippen MR) is 153 cm³/mol. The molecule has 12 heteroatoms. The normalized spacial score (nSPS) is 20.9. The average molecular weight is 567 g/mol. The highest BCUT2D eigenvalue weighted by atomic mass is 19.3. The van der Waals surface area contributed by atoms with Crippen molar-refractivity contribution in [2.45, 2.75) is 45.2 Å². The van der Waals surface area contributed by atoms with Crippen LogP contribution in [-0.4, -0.2) is 101 Å². The number of likely N-dealkylation sites (N-methyl/N-ethyl adjacent to an activating group) is 1. The number of H-pyrrole nitrogens is 1. The molecule has 0 bridgehead atoms. The zero-order chi connectivity index (χ0) is 28.9. The summed E-state index contributed by atoms with van der Waals surface area (Å²) in [5.41, 5.74) is 6.43. The first-order valence-electron chi connectivity index (χ1n) is 14.1. The third kappa shape index (κ3) is 5.20. The summed E-state index contributed by atoms with van der Waals surface area (Å²) in [4.78, 5) is 29.7. The van der Waals surface area contributed by atoms with Gasteiger partial charge < -0.3 is 19.4 Å². The van der Waals surface area contributed by atoms with Crippen LogP contribution in [0.5, 0.6) is 6.01 Å². The van der Waals surface area contributed by atoms with Gasteiger partial charge in [-0.15, -0.1) is 0 Å². The third-order valence-electron chi connectivity index (χ3n) is 8.68. The van der Waals surface area contributed by atoms with Gasteiger partial charge in [-0.05, 0) is 50.6 Å². The van der Waals surface area contributed by atoms with Crippen molar-refractivity contribution in [2.24, 2.45) is 0 Å². The first kappa shape index (κ1) is 27.4. The zero-order valence-electron chi connectivity index (χ0n) is 23.8. The fourth-order valence-electron chi connectivity index (χ4n) is 6.31. The summed E-state index contributed by atoms with van der Waals surface area (Å²) in [5, 5.41) is 8.44. The number of hydrogen-bond donors (Lipinski definition) is 1. The summed E-state index contributed by atoms with van der Waals surface area (Å²) in [6, 6.07) is 1.90. The molecule has 0 radical (unpaired) electrons. The number of piperazine rings is 1. The van der Waals surface area contributed by atoms with Crippen LogP contribution in [0, 0.1) is 13.8 Å². The van der Waals surface area contributed by atoms with E-state index in [1.807, 2.05) is 6.20 Å². The maximum atomic E-state index is 14.0. The van der Waals surface area contributed by atoms with Crippen LogP contribution in [0.3, 0.4) is 0 Å². The molecule has 2 fully saturated rings. The third-order valence-corrected chi connectivity index (χ3v) is 8.68. The minimum absolute atomic E-state index is 0.0781. The Kier molecular flexibility index (Phi) is 7.04. The molecule has 0 unspecified atom stereocenters. The predicted octanol–water partition coefficient (Wildman–Crippen LogP) is 3.09. The van der Waals surface area contributed by atoms with Gasteiger partial charge >= 0.3 is 6.01 Å². The monoisotopic (exact) mass is 566 g/mol. The zero-order valence-corrected chi connectivity index (χ0v) is 23.8. The van der Waals surface area contributed by atoms with Crippen molar-refractivity contribution in [3.05, 3.63) is 47.3 Å². The Bertz CT molecular complexity index is 1480. The number of hydrogen-bond acceptors (Lipinski definition) is 8. The van der Waals surface area contributed by atoms with Gasteiger partial charge in [-0.3, -0.25) is 14.8 Å². The molecule has 5 heterocycles. The molecule has 10 nitrogen and oxygen atoms in total. The van der Waals surface area contributed by atoms with Crippen molar-refractivity contribution in [3.8, 4) is 6.01 Å². The second-order valence-electron chi connectivity index (χ2n) is 11.4. The maximum Gasteiger partial charge on any atom is 0.318 e. The summed E-state index contributed by atoms with van der Waals surface area (Å²) in [5.74, 6) is -2.00. The molecule has 0 saturated carbocycles. The van der Waals surface area contributed by atoms with Crippen LogP contribution in [0.15, 0.2) is 24.9 Å². The first-order valence-corrected chi connectivity index (χ1v) is 14.1. The van der Waals surface area contributed by atoms with Crippen molar-refractivity contribution in [2.75, 3.05) is 62.7 Å². The van der Waals surface area contributed by atoms with Gasteiger partial charge in [0, 0.05) is 56.1 Å². The Morgan fingerprint density at radius 2 is 1.98 bits per heavy atom. The molecule has 218 valence electrons. The fraction of sp³-hybridized carbons (Fsp3) is 0.517. The van der Waals surface area contributed by atoms with Gasteiger partial charge in [0.25, 0.3) is 5.92 Å². The second kappa shape index (κ2) is 10.6. The summed E-state index contributed by atoms with van der Waals surface area (Å²) in [6.45, 7) is 11.4. The smallest absolute Gasteiger partial charge is 0.318 e. The minimum Gasteiger partial charge on any atom is -0.462 e. The number of benzene rings is 1. The Morgan fingerprint density at radius 3 is 2.68 bits per heavy atom. The largest absolute Gasteiger partial charge is 0.462 e. The molecule has 3 aliphatic rings. The number of aromatic nitrogens is 4. The lowest BCUT2D eigenvalue weighted by Crippen LogP contribution is -2.49. The number of carbonyl (C=O) groups excluding carboxylic acids is 1. The number of anilines is 2. The Balaban J connectivity index is 1.31. The number of nitrogens with one attached hydrogen (secondary N) is 1. The molecule has 1 N–H and O–H groups in total. The van der Waals surface area contributed by atoms with Crippen LogP contribution in [0.2, 0.25) is 0 Å². The number of ether oxygens (including phenoxy) is 1. The van der Waals surface area contributed by atoms with Crippen molar-refractivity contribution < 1.29 is 18.3 Å². The van der Waals surface area contributed by atoms with Gasteiger partial charge in [0.15, 0.2) is 0 Å². The number of carbonyl (C=O) groups is 1. The molecule has 2 aromatic heterocycles. The topological polar surface area (TPSA) is 93.7 Å². The van der Waals surface area contributed by atoms with Crippen LogP contribution >= 0.6 is 0 Å². The average Bonchev–Trinajstić information content (AvgIpc) is 3.52. The van der Waals surface area contributed by atoms with Crippen LogP contribution in [-0.2, 0) is 17.8 Å². The SMILES string of the molecule is C=CC(=O)N1CCN(c2nc(OC[C@H]3CC(F)(F)CN3C)nc3c2CCN(c2c(C)c(C)cc4[nH]ncc24)C3)CC1. The molecular formula is C29H36F2N8O2. The van der Waals surface area contributed by atoms with Gasteiger partial charge in [0.05, 0.1) is 36.2 Å². The van der Waals surface area contributed by atoms with E-state index in [2.05, 4.69) is 46.5 Å². The first-order chi connectivity index (χ1) is 19.6.